The van der Waals surface area contributed by atoms with Gasteiger partial charge in [-0.25, -0.2) is 4.98 Å². The van der Waals surface area contributed by atoms with Crippen LogP contribution in [0.3, 0.4) is 0 Å². The van der Waals surface area contributed by atoms with Gasteiger partial charge in [-0.05, 0) is 74.4 Å². The summed E-state index contributed by atoms with van der Waals surface area (Å²) in [6, 6.07) is 12.5. The largest absolute Gasteiger partial charge is 0.343 e. The average Bonchev–Trinajstić information content (AvgIpc) is 3.45. The molecule has 0 N–H and O–H groups in total. The molecule has 0 spiro atoms. The maximum Gasteiger partial charge on any atom is 0.271 e. The van der Waals surface area contributed by atoms with Gasteiger partial charge in [0.15, 0.2) is 0 Å². The number of aromatic nitrogens is 1. The SMILES string of the molecule is Cc1cc(N2N=C3c4ccc(C(=O)N(C)C)nc4CCC3C2C2CCCC2)ccc1C#N. The van der Waals surface area contributed by atoms with Crippen molar-refractivity contribution in [3.63, 3.8) is 0 Å². The maximum absolute atomic E-state index is 12.4. The number of rotatable bonds is 3. The lowest BCUT2D eigenvalue weighted by molar-refractivity contribution is 0.0821. The lowest BCUT2D eigenvalue weighted by Crippen LogP contribution is -2.40. The molecule has 2 aliphatic carbocycles. The second-order valence-corrected chi connectivity index (χ2v) is 9.51. The molecule has 5 rings (SSSR count). The van der Waals surface area contributed by atoms with Crippen molar-refractivity contribution < 1.29 is 4.79 Å². The van der Waals surface area contributed by atoms with Crippen LogP contribution in [-0.4, -0.2) is 41.6 Å². The highest BCUT2D eigenvalue weighted by Gasteiger charge is 2.46. The molecule has 0 radical (unpaired) electrons. The molecule has 1 aromatic heterocycles. The molecule has 3 aliphatic rings. The van der Waals surface area contributed by atoms with E-state index in [1.807, 2.05) is 31.2 Å². The van der Waals surface area contributed by atoms with Gasteiger partial charge in [0.2, 0.25) is 0 Å². The Morgan fingerprint density at radius 3 is 2.62 bits per heavy atom. The Balaban J connectivity index is 1.56. The number of hydrogen-bond acceptors (Lipinski definition) is 5. The lowest BCUT2D eigenvalue weighted by atomic mass is 9.76. The lowest BCUT2D eigenvalue weighted by Gasteiger charge is -2.34. The van der Waals surface area contributed by atoms with Crippen LogP contribution in [0.5, 0.6) is 0 Å². The summed E-state index contributed by atoms with van der Waals surface area (Å²) >= 11 is 0. The van der Waals surface area contributed by atoms with Crippen molar-refractivity contribution in [1.82, 2.24) is 9.88 Å². The predicted molar refractivity (Wildman–Crippen MR) is 125 cm³/mol. The monoisotopic (exact) mass is 427 g/mol. The van der Waals surface area contributed by atoms with Crippen LogP contribution in [0.4, 0.5) is 5.69 Å². The summed E-state index contributed by atoms with van der Waals surface area (Å²) in [5, 5.41) is 16.8. The predicted octanol–water partition coefficient (Wildman–Crippen LogP) is 4.31. The Morgan fingerprint density at radius 2 is 1.94 bits per heavy atom. The van der Waals surface area contributed by atoms with Gasteiger partial charge in [-0.15, -0.1) is 0 Å². The van der Waals surface area contributed by atoms with Crippen LogP contribution in [0.2, 0.25) is 0 Å². The zero-order valence-corrected chi connectivity index (χ0v) is 19.0. The van der Waals surface area contributed by atoms with Crippen LogP contribution in [0, 0.1) is 30.1 Å². The van der Waals surface area contributed by atoms with Gasteiger partial charge in [0, 0.05) is 25.6 Å². The van der Waals surface area contributed by atoms with Gasteiger partial charge >= 0.3 is 0 Å². The number of carbonyl (C=O) groups is 1. The number of hydrazone groups is 1. The first-order valence-electron chi connectivity index (χ1n) is 11.6. The summed E-state index contributed by atoms with van der Waals surface area (Å²) < 4.78 is 0. The van der Waals surface area contributed by atoms with E-state index in [0.717, 1.165) is 41.1 Å². The highest BCUT2D eigenvalue weighted by molar-refractivity contribution is 6.07. The van der Waals surface area contributed by atoms with Crippen molar-refractivity contribution in [2.24, 2.45) is 16.9 Å². The number of hydrogen-bond donors (Lipinski definition) is 0. The molecule has 1 saturated carbocycles. The van der Waals surface area contributed by atoms with E-state index >= 15 is 0 Å². The minimum Gasteiger partial charge on any atom is -0.343 e. The molecule has 2 unspecified atom stereocenters. The molecule has 6 heteroatoms. The van der Waals surface area contributed by atoms with Crippen molar-refractivity contribution in [2.75, 3.05) is 19.1 Å². The number of anilines is 1. The third-order valence-corrected chi connectivity index (χ3v) is 7.31. The number of benzene rings is 1. The van der Waals surface area contributed by atoms with Crippen LogP contribution in [0.15, 0.2) is 35.4 Å². The van der Waals surface area contributed by atoms with Crippen LogP contribution >= 0.6 is 0 Å². The van der Waals surface area contributed by atoms with E-state index in [4.69, 9.17) is 10.1 Å². The molecule has 1 amide bonds. The Kier molecular flexibility index (Phi) is 5.21. The van der Waals surface area contributed by atoms with E-state index in [2.05, 4.69) is 17.1 Å². The summed E-state index contributed by atoms with van der Waals surface area (Å²) in [5.41, 5.74) is 6.44. The Bertz CT molecular complexity index is 1140. The van der Waals surface area contributed by atoms with Crippen molar-refractivity contribution in [3.05, 3.63) is 58.4 Å². The Labute approximate surface area is 189 Å². The van der Waals surface area contributed by atoms with Crippen molar-refractivity contribution in [2.45, 2.75) is 51.5 Å². The average molecular weight is 428 g/mol. The number of fused-ring (bicyclic) bond motifs is 3. The second-order valence-electron chi connectivity index (χ2n) is 9.51. The van der Waals surface area contributed by atoms with Crippen LogP contribution in [-0.2, 0) is 6.42 Å². The van der Waals surface area contributed by atoms with Crippen LogP contribution < -0.4 is 5.01 Å². The molecule has 0 saturated heterocycles. The first-order valence-corrected chi connectivity index (χ1v) is 11.6. The molecule has 164 valence electrons. The van der Waals surface area contributed by atoms with E-state index < -0.39 is 0 Å². The Morgan fingerprint density at radius 1 is 1.16 bits per heavy atom. The van der Waals surface area contributed by atoms with E-state index in [-0.39, 0.29) is 5.91 Å². The summed E-state index contributed by atoms with van der Waals surface area (Å²) in [7, 11) is 3.51. The summed E-state index contributed by atoms with van der Waals surface area (Å²) in [4.78, 5) is 18.7. The fourth-order valence-electron chi connectivity index (χ4n) is 5.69. The van der Waals surface area contributed by atoms with Gasteiger partial charge in [0.1, 0.15) is 5.69 Å². The fraction of sp³-hybridized carbons (Fsp3) is 0.462. The molecule has 1 aromatic carbocycles. The molecule has 0 bridgehead atoms. The fourth-order valence-corrected chi connectivity index (χ4v) is 5.69. The third-order valence-electron chi connectivity index (χ3n) is 7.31. The van der Waals surface area contributed by atoms with Gasteiger partial charge in [-0.3, -0.25) is 9.80 Å². The normalized spacial score (nSPS) is 22.2. The molecular formula is C26H29N5O. The smallest absolute Gasteiger partial charge is 0.271 e. The zero-order valence-electron chi connectivity index (χ0n) is 19.0. The quantitative estimate of drug-likeness (QED) is 0.732. The van der Waals surface area contributed by atoms with Gasteiger partial charge in [0.05, 0.1) is 34.8 Å². The van der Waals surface area contributed by atoms with Crippen molar-refractivity contribution >= 4 is 17.3 Å². The first-order chi connectivity index (χ1) is 15.5. The van der Waals surface area contributed by atoms with E-state index in [1.165, 1.54) is 25.7 Å². The minimum atomic E-state index is -0.0678. The van der Waals surface area contributed by atoms with E-state index in [1.54, 1.807) is 19.0 Å². The molecule has 2 aromatic rings. The highest BCUT2D eigenvalue weighted by Crippen LogP contribution is 2.44. The number of pyridine rings is 1. The first kappa shape index (κ1) is 20.7. The molecule has 6 nitrogen and oxygen atoms in total. The number of nitrogens with zero attached hydrogens (tertiary/aromatic N) is 5. The standard InChI is InChI=1S/C26H29N5O/c1-16-14-19(9-8-18(16)15-27)31-25(17-6-4-5-7-17)21-11-12-22-20(24(21)29-31)10-13-23(28-22)26(32)30(2)3/h8-10,13-14,17,21,25H,4-7,11-12H2,1-3H3. The van der Waals surface area contributed by atoms with E-state index in [9.17, 15) is 10.1 Å². The second kappa shape index (κ2) is 8.05. The number of amides is 1. The van der Waals surface area contributed by atoms with E-state index in [0.29, 0.717) is 29.1 Å². The third kappa shape index (κ3) is 3.37. The topological polar surface area (TPSA) is 72.6 Å². The number of aryl methyl sites for hydroxylation is 2. The molecule has 1 aliphatic heterocycles. The van der Waals surface area contributed by atoms with Crippen LogP contribution in [0.25, 0.3) is 0 Å². The zero-order chi connectivity index (χ0) is 22.4. The minimum absolute atomic E-state index is 0.0678. The number of carbonyl (C=O) groups excluding carboxylic acids is 1. The summed E-state index contributed by atoms with van der Waals surface area (Å²) in [6.07, 6.45) is 6.95. The van der Waals surface area contributed by atoms with Gasteiger partial charge in [-0.2, -0.15) is 10.4 Å². The van der Waals surface area contributed by atoms with Gasteiger partial charge in [0.25, 0.3) is 5.91 Å². The van der Waals surface area contributed by atoms with Gasteiger partial charge < -0.3 is 4.90 Å². The molecule has 2 atom stereocenters. The molecule has 32 heavy (non-hydrogen) atoms. The highest BCUT2D eigenvalue weighted by atomic mass is 16.2. The molecule has 2 heterocycles. The summed E-state index contributed by atoms with van der Waals surface area (Å²) in [6.45, 7) is 1.99. The Hall–Kier alpha value is -3.20. The van der Waals surface area contributed by atoms with Crippen molar-refractivity contribution in [3.8, 4) is 6.07 Å². The number of nitriles is 1. The van der Waals surface area contributed by atoms with Gasteiger partial charge in [-0.1, -0.05) is 12.8 Å². The molecule has 1 fully saturated rings. The molecular weight excluding hydrogens is 398 g/mol. The summed E-state index contributed by atoms with van der Waals surface area (Å²) in [5.74, 6) is 0.932. The van der Waals surface area contributed by atoms with Crippen LogP contribution in [0.1, 0.15) is 65.0 Å². The maximum atomic E-state index is 12.4. The van der Waals surface area contributed by atoms with Crippen molar-refractivity contribution in [1.29, 1.82) is 5.26 Å².